The molecule has 1 saturated heterocycles. The first-order valence-corrected chi connectivity index (χ1v) is 12.6. The summed E-state index contributed by atoms with van der Waals surface area (Å²) >= 11 is 6.49. The molecule has 0 aliphatic carbocycles. The number of urea groups is 1. The fourth-order valence-corrected chi connectivity index (χ4v) is 4.14. The van der Waals surface area contributed by atoms with Crippen molar-refractivity contribution in [2.45, 2.75) is 6.92 Å². The summed E-state index contributed by atoms with van der Waals surface area (Å²) in [5, 5.41) is 10.7. The molecule has 3 heterocycles. The van der Waals surface area contributed by atoms with E-state index in [-0.39, 0.29) is 12.6 Å². The van der Waals surface area contributed by atoms with Gasteiger partial charge in [0.15, 0.2) is 0 Å². The van der Waals surface area contributed by atoms with Crippen molar-refractivity contribution >= 4 is 40.0 Å². The third kappa shape index (κ3) is 6.29. The van der Waals surface area contributed by atoms with Crippen LogP contribution in [0, 0.1) is 18.8 Å². The van der Waals surface area contributed by atoms with E-state index >= 15 is 0 Å². The zero-order valence-corrected chi connectivity index (χ0v) is 21.5. The molecule has 9 nitrogen and oxygen atoms in total. The first kappa shape index (κ1) is 25.3. The maximum atomic E-state index is 12.2. The lowest BCUT2D eigenvalue weighted by Crippen LogP contribution is -2.50. The Hall–Kier alpha value is -4.39. The fourth-order valence-electron chi connectivity index (χ4n) is 3.92. The Bertz CT molecular complexity index is 1510. The van der Waals surface area contributed by atoms with Gasteiger partial charge in [-0.3, -0.25) is 4.98 Å². The molecule has 192 valence electrons. The summed E-state index contributed by atoms with van der Waals surface area (Å²) in [6.07, 6.45) is 3.16. The quantitative estimate of drug-likeness (QED) is 0.328. The summed E-state index contributed by atoms with van der Waals surface area (Å²) in [7, 11) is 0. The Morgan fingerprint density at radius 1 is 1.11 bits per heavy atom. The zero-order chi connectivity index (χ0) is 26.3. The van der Waals surface area contributed by atoms with E-state index < -0.39 is 0 Å². The summed E-state index contributed by atoms with van der Waals surface area (Å²) in [6.45, 7) is 5.20. The van der Waals surface area contributed by atoms with Crippen molar-refractivity contribution in [3.63, 3.8) is 0 Å². The highest BCUT2D eigenvalue weighted by molar-refractivity contribution is 6.32. The van der Waals surface area contributed by atoms with Crippen molar-refractivity contribution in [1.29, 1.82) is 0 Å². The van der Waals surface area contributed by atoms with Gasteiger partial charge in [0.05, 0.1) is 23.3 Å². The maximum absolute atomic E-state index is 12.2. The van der Waals surface area contributed by atoms with Crippen molar-refractivity contribution in [2.75, 3.05) is 38.0 Å². The first-order chi connectivity index (χ1) is 18.5. The third-order valence-electron chi connectivity index (χ3n) is 5.91. The number of benzene rings is 2. The Labute approximate surface area is 225 Å². The van der Waals surface area contributed by atoms with E-state index in [1.807, 2.05) is 43.3 Å². The number of aromatic nitrogens is 3. The average Bonchev–Trinajstić information content (AvgIpc) is 2.94. The van der Waals surface area contributed by atoms with Gasteiger partial charge in [0.25, 0.3) is 0 Å². The smallest absolute Gasteiger partial charge is 0.318 e. The van der Waals surface area contributed by atoms with Crippen LogP contribution in [0.2, 0.25) is 5.02 Å². The SMILES string of the molecule is Cc1ccc(Oc2ccc(Nc3ncnc4ccc(C#CCNC(=O)N5CCNCC5)cc34)cc2Cl)cn1. The summed E-state index contributed by atoms with van der Waals surface area (Å²) < 4.78 is 5.86. The molecule has 1 fully saturated rings. The van der Waals surface area contributed by atoms with Crippen LogP contribution in [0.3, 0.4) is 0 Å². The number of amides is 2. The lowest BCUT2D eigenvalue weighted by atomic mass is 10.1. The van der Waals surface area contributed by atoms with Crippen molar-refractivity contribution in [3.8, 4) is 23.3 Å². The normalized spacial score (nSPS) is 12.9. The van der Waals surface area contributed by atoms with Crippen molar-refractivity contribution in [3.05, 3.63) is 77.3 Å². The number of nitrogens with zero attached hydrogens (tertiary/aromatic N) is 4. The number of anilines is 2. The van der Waals surface area contributed by atoms with Crippen LogP contribution in [0.25, 0.3) is 10.9 Å². The van der Waals surface area contributed by atoms with Gasteiger partial charge < -0.3 is 25.6 Å². The molecule has 0 spiro atoms. The van der Waals surface area contributed by atoms with Crippen molar-refractivity contribution in [1.82, 2.24) is 30.5 Å². The molecule has 0 saturated carbocycles. The topological polar surface area (TPSA) is 104 Å². The summed E-state index contributed by atoms with van der Waals surface area (Å²) in [4.78, 5) is 27.0. The molecule has 38 heavy (non-hydrogen) atoms. The predicted molar refractivity (Wildman–Crippen MR) is 148 cm³/mol. The molecule has 1 aliphatic rings. The van der Waals surface area contributed by atoms with E-state index in [1.165, 1.54) is 6.33 Å². The number of rotatable bonds is 5. The maximum Gasteiger partial charge on any atom is 0.318 e. The van der Waals surface area contributed by atoms with Gasteiger partial charge in [0.2, 0.25) is 0 Å². The van der Waals surface area contributed by atoms with E-state index in [4.69, 9.17) is 16.3 Å². The summed E-state index contributed by atoms with van der Waals surface area (Å²) in [5.41, 5.74) is 3.22. The highest BCUT2D eigenvalue weighted by Gasteiger charge is 2.14. The average molecular weight is 528 g/mol. The van der Waals surface area contributed by atoms with Crippen LogP contribution in [-0.4, -0.2) is 58.6 Å². The van der Waals surface area contributed by atoms with Gasteiger partial charge >= 0.3 is 6.03 Å². The van der Waals surface area contributed by atoms with E-state index in [9.17, 15) is 4.79 Å². The molecule has 2 amide bonds. The molecule has 10 heteroatoms. The summed E-state index contributed by atoms with van der Waals surface area (Å²) in [5.74, 6) is 7.89. The number of pyridine rings is 1. The standard InChI is InChI=1S/C28H26ClN7O2/c1-19-4-7-22(17-32-19)38-26-9-6-21(16-24(26)29)35-27-23-15-20(5-8-25(23)33-18-34-27)3-2-10-31-28(37)36-13-11-30-12-14-36/h4-9,15-18,30H,10-14H2,1H3,(H,31,37)(H,33,34,35). The second kappa shape index (κ2) is 11.8. The molecule has 0 radical (unpaired) electrons. The lowest BCUT2D eigenvalue weighted by molar-refractivity contribution is 0.191. The number of carbonyl (C=O) groups excluding carboxylic acids is 1. The highest BCUT2D eigenvalue weighted by atomic mass is 35.5. The van der Waals surface area contributed by atoms with E-state index in [1.54, 1.807) is 23.2 Å². The molecule has 5 rings (SSSR count). The summed E-state index contributed by atoms with van der Waals surface area (Å²) in [6, 6.07) is 14.8. The van der Waals surface area contributed by atoms with E-state index in [0.717, 1.165) is 40.9 Å². The number of hydrogen-bond acceptors (Lipinski definition) is 7. The van der Waals surface area contributed by atoms with Crippen LogP contribution in [0.15, 0.2) is 61.1 Å². The number of halogens is 1. The molecular weight excluding hydrogens is 502 g/mol. The van der Waals surface area contributed by atoms with Crippen LogP contribution >= 0.6 is 11.6 Å². The van der Waals surface area contributed by atoms with Gasteiger partial charge in [-0.2, -0.15) is 0 Å². The van der Waals surface area contributed by atoms with Gasteiger partial charge in [-0.1, -0.05) is 23.4 Å². The molecule has 2 aromatic carbocycles. The Morgan fingerprint density at radius 2 is 1.97 bits per heavy atom. The first-order valence-electron chi connectivity index (χ1n) is 12.2. The van der Waals surface area contributed by atoms with Crippen molar-refractivity contribution < 1.29 is 9.53 Å². The second-order valence-electron chi connectivity index (χ2n) is 8.66. The van der Waals surface area contributed by atoms with E-state index in [0.29, 0.717) is 35.4 Å². The van der Waals surface area contributed by atoms with Crippen molar-refractivity contribution in [2.24, 2.45) is 0 Å². The zero-order valence-electron chi connectivity index (χ0n) is 20.8. The van der Waals surface area contributed by atoms with Gasteiger partial charge in [-0.05, 0) is 55.5 Å². The minimum atomic E-state index is -0.0928. The molecule has 0 atom stereocenters. The largest absolute Gasteiger partial charge is 0.454 e. The minimum Gasteiger partial charge on any atom is -0.454 e. The molecule has 1 aliphatic heterocycles. The molecule has 3 N–H and O–H groups in total. The number of carbonyl (C=O) groups is 1. The molecular formula is C28H26ClN7O2. The Kier molecular flexibility index (Phi) is 7.83. The third-order valence-corrected chi connectivity index (χ3v) is 6.20. The van der Waals surface area contributed by atoms with E-state index in [2.05, 4.69) is 42.7 Å². The number of nitrogens with one attached hydrogen (secondary N) is 3. The number of hydrogen-bond donors (Lipinski definition) is 3. The van der Waals surface area contributed by atoms with Crippen LogP contribution < -0.4 is 20.7 Å². The molecule has 0 unspecified atom stereocenters. The number of ether oxygens (including phenoxy) is 1. The Morgan fingerprint density at radius 3 is 2.76 bits per heavy atom. The molecule has 0 bridgehead atoms. The van der Waals surface area contributed by atoms with Crippen LogP contribution in [0.4, 0.5) is 16.3 Å². The van der Waals surface area contributed by atoms with Crippen LogP contribution in [0.5, 0.6) is 11.5 Å². The number of fused-ring (bicyclic) bond motifs is 1. The number of piperazine rings is 1. The molecule has 4 aromatic rings. The fraction of sp³-hybridized carbons (Fsp3) is 0.214. The van der Waals surface area contributed by atoms with Crippen LogP contribution in [0.1, 0.15) is 11.3 Å². The molecule has 2 aromatic heterocycles. The number of aryl methyl sites for hydroxylation is 1. The van der Waals surface area contributed by atoms with Gasteiger partial charge in [-0.25, -0.2) is 14.8 Å². The monoisotopic (exact) mass is 527 g/mol. The highest BCUT2D eigenvalue weighted by Crippen LogP contribution is 2.33. The minimum absolute atomic E-state index is 0.0928. The second-order valence-corrected chi connectivity index (χ2v) is 9.07. The predicted octanol–water partition coefficient (Wildman–Crippen LogP) is 4.49. The van der Waals surface area contributed by atoms with Gasteiger partial charge in [0, 0.05) is 48.5 Å². The Balaban J connectivity index is 1.27. The van der Waals surface area contributed by atoms with Gasteiger partial charge in [-0.15, -0.1) is 0 Å². The van der Waals surface area contributed by atoms with Gasteiger partial charge in [0.1, 0.15) is 23.6 Å². The lowest BCUT2D eigenvalue weighted by Gasteiger charge is -2.27. The van der Waals surface area contributed by atoms with Crippen LogP contribution in [-0.2, 0) is 0 Å².